The molecule has 0 fully saturated rings. The van der Waals surface area contributed by atoms with Gasteiger partial charge in [0.1, 0.15) is 11.6 Å². The summed E-state index contributed by atoms with van der Waals surface area (Å²) in [5.74, 6) is 0. The second-order valence-electron chi connectivity index (χ2n) is 21.1. The lowest BCUT2D eigenvalue weighted by molar-refractivity contribution is 0.659. The molecule has 0 saturated carbocycles. The number of nitriles is 1. The molecule has 0 amide bonds. The van der Waals surface area contributed by atoms with Gasteiger partial charge in [-0.1, -0.05) is 103 Å². The Kier molecular flexibility index (Phi) is 8.99. The Morgan fingerprint density at radius 2 is 0.671 bits per heavy atom. The number of aromatic nitrogens is 5. The van der Waals surface area contributed by atoms with E-state index in [0.717, 1.165) is 134 Å². The van der Waals surface area contributed by atoms with Crippen LogP contribution in [0.25, 0.3) is 102 Å². The fourth-order valence-electron chi connectivity index (χ4n) is 14.6. The monoisotopic (exact) mass is 942 g/mol. The smallest absolute Gasteiger partial charge is 0.105 e. The van der Waals surface area contributed by atoms with Crippen molar-refractivity contribution in [3.8, 4) is 34.5 Å². The summed E-state index contributed by atoms with van der Waals surface area (Å²) in [7, 11) is 0. The molecule has 0 bridgehead atoms. The van der Waals surface area contributed by atoms with E-state index in [0.29, 0.717) is 5.56 Å². The lowest BCUT2D eigenvalue weighted by atomic mass is 9.91. The summed E-state index contributed by atoms with van der Waals surface area (Å²) in [4.78, 5) is 0. The number of nitrogens with zero attached hydrogens (tertiary/aromatic N) is 6. The number of hydrogen-bond donors (Lipinski definition) is 0. The Balaban J connectivity index is 1.26. The molecule has 0 aliphatic heterocycles. The zero-order chi connectivity index (χ0) is 47.9. The molecule has 6 heteroatoms. The zero-order valence-corrected chi connectivity index (χ0v) is 41.1. The molecular weight excluding hydrogens is 889 g/mol. The van der Waals surface area contributed by atoms with Gasteiger partial charge in [0.05, 0.1) is 50.5 Å². The lowest BCUT2D eigenvalue weighted by Crippen LogP contribution is -2.22. The van der Waals surface area contributed by atoms with Gasteiger partial charge in [-0.15, -0.1) is 0 Å². The summed E-state index contributed by atoms with van der Waals surface area (Å²) in [5.41, 5.74) is 26.3. The molecule has 0 spiro atoms. The molecule has 5 aromatic heterocycles. The van der Waals surface area contributed by atoms with E-state index in [1.165, 1.54) is 95.5 Å². The van der Waals surface area contributed by atoms with E-state index in [9.17, 15) is 5.26 Å². The standard InChI is InChI=1S/C67H54N6/c68-41-52-63(69-53-31-11-1-21-42(53)43-22-2-12-32-54(43)69)65(71-57-35-15-5-25-46(57)47-26-6-16-36-58(47)71)67(73-61-39-19-9-29-50(61)51-30-10-20-40-62(51)73)66(72-59-37-17-7-27-48(59)49-28-8-18-38-60(49)72)64(52)70-55-33-13-3-23-44(55)45-24-4-14-34-56(45)70/h5,7,9-13,15-20,25,27,29-33,35-40H,1-4,6,8,14,21-24,26,28,34H2. The van der Waals surface area contributed by atoms with Gasteiger partial charge < -0.3 is 22.8 Å². The molecule has 5 heterocycles. The SMILES string of the molecule is N#Cc1c(-n2c3c(c4c2C=CCC4)CCC=C3)c(-n2c3c(c4ccccc42)CCC=C3)c(-n2c3ccccc3c3ccccc32)c(-n2c3c(c4ccccc42)CCC=C3)c1-n1c2c(c3c1CCCC3)CCC=C2. The average molecular weight is 943 g/mol. The summed E-state index contributed by atoms with van der Waals surface area (Å²) < 4.78 is 13.1. The summed E-state index contributed by atoms with van der Waals surface area (Å²) >= 11 is 0. The Bertz CT molecular complexity index is 4180. The van der Waals surface area contributed by atoms with Crippen molar-refractivity contribution in [2.75, 3.05) is 0 Å². The normalized spacial score (nSPS) is 16.3. The molecule has 0 N–H and O–H groups in total. The maximum absolute atomic E-state index is 12.9. The number of aryl methyl sites for hydroxylation is 2. The predicted molar refractivity (Wildman–Crippen MR) is 301 cm³/mol. The van der Waals surface area contributed by atoms with Gasteiger partial charge in [-0.3, -0.25) is 0 Å². The Morgan fingerprint density at radius 3 is 1.15 bits per heavy atom. The third-order valence-electron chi connectivity index (χ3n) is 17.5. The molecule has 73 heavy (non-hydrogen) atoms. The minimum atomic E-state index is 0.704. The number of benzene rings is 5. The Morgan fingerprint density at radius 1 is 0.315 bits per heavy atom. The van der Waals surface area contributed by atoms with Crippen LogP contribution in [0.2, 0.25) is 0 Å². The quantitative estimate of drug-likeness (QED) is 0.170. The molecule has 5 aromatic carbocycles. The van der Waals surface area contributed by atoms with Crippen LogP contribution in [0.15, 0.2) is 127 Å². The topological polar surface area (TPSA) is 48.4 Å². The first kappa shape index (κ1) is 41.4. The maximum atomic E-state index is 12.9. The zero-order valence-electron chi connectivity index (χ0n) is 41.1. The van der Waals surface area contributed by atoms with E-state index in [2.05, 4.69) is 187 Å². The highest BCUT2D eigenvalue weighted by atomic mass is 15.2. The maximum Gasteiger partial charge on any atom is 0.105 e. The minimum Gasteiger partial charge on any atom is -0.310 e. The van der Waals surface area contributed by atoms with Crippen LogP contribution in [0.5, 0.6) is 0 Å². The molecule has 6 nitrogen and oxygen atoms in total. The van der Waals surface area contributed by atoms with Crippen LogP contribution in [0, 0.1) is 11.3 Å². The van der Waals surface area contributed by atoms with Crippen molar-refractivity contribution in [2.24, 2.45) is 0 Å². The first-order valence-electron chi connectivity index (χ1n) is 27.0. The molecule has 6 aliphatic rings. The van der Waals surface area contributed by atoms with E-state index >= 15 is 0 Å². The number of fused-ring (bicyclic) bond motifs is 15. The van der Waals surface area contributed by atoms with Gasteiger partial charge in [-0.25, -0.2) is 0 Å². The van der Waals surface area contributed by atoms with Gasteiger partial charge in [0.15, 0.2) is 0 Å². The summed E-state index contributed by atoms with van der Waals surface area (Å²) in [6, 6.07) is 39.5. The molecule has 0 radical (unpaired) electrons. The van der Waals surface area contributed by atoms with Crippen LogP contribution in [-0.2, 0) is 44.9 Å². The Hall–Kier alpha value is -8.27. The highest BCUT2D eigenvalue weighted by Gasteiger charge is 2.39. The van der Waals surface area contributed by atoms with Crippen LogP contribution in [-0.4, -0.2) is 22.8 Å². The largest absolute Gasteiger partial charge is 0.310 e. The average Bonchev–Trinajstić information content (AvgIpc) is 4.25. The van der Waals surface area contributed by atoms with E-state index in [4.69, 9.17) is 0 Å². The van der Waals surface area contributed by atoms with Gasteiger partial charge in [-0.2, -0.15) is 5.26 Å². The van der Waals surface area contributed by atoms with Crippen LogP contribution in [0.1, 0.15) is 118 Å². The molecule has 0 saturated heterocycles. The fraction of sp³-hybridized carbons (Fsp3) is 0.209. The number of para-hydroxylation sites is 4. The first-order valence-corrected chi connectivity index (χ1v) is 27.0. The van der Waals surface area contributed by atoms with Crippen molar-refractivity contribution in [2.45, 2.75) is 89.9 Å². The summed E-state index contributed by atoms with van der Waals surface area (Å²) in [6.07, 6.45) is 38.0. The molecule has 16 rings (SSSR count). The fourth-order valence-corrected chi connectivity index (χ4v) is 14.6. The predicted octanol–water partition coefficient (Wildman–Crippen LogP) is 15.8. The van der Waals surface area contributed by atoms with Crippen LogP contribution in [0.4, 0.5) is 0 Å². The van der Waals surface area contributed by atoms with E-state index in [1.54, 1.807) is 0 Å². The van der Waals surface area contributed by atoms with Crippen LogP contribution < -0.4 is 0 Å². The number of hydrogen-bond acceptors (Lipinski definition) is 1. The molecule has 0 unspecified atom stereocenters. The summed E-state index contributed by atoms with van der Waals surface area (Å²) in [6.45, 7) is 0. The third kappa shape index (κ3) is 5.63. The van der Waals surface area contributed by atoms with Crippen molar-refractivity contribution in [1.82, 2.24) is 22.8 Å². The Labute approximate surface area is 425 Å². The van der Waals surface area contributed by atoms with Crippen molar-refractivity contribution >= 4 is 74.0 Å². The highest BCUT2D eigenvalue weighted by molar-refractivity contribution is 6.11. The van der Waals surface area contributed by atoms with Crippen molar-refractivity contribution in [3.63, 3.8) is 0 Å². The summed E-state index contributed by atoms with van der Waals surface area (Å²) in [5, 5.41) is 17.9. The number of rotatable bonds is 5. The van der Waals surface area contributed by atoms with Gasteiger partial charge in [-0.05, 0) is 178 Å². The van der Waals surface area contributed by atoms with Crippen LogP contribution >= 0.6 is 0 Å². The van der Waals surface area contributed by atoms with Crippen molar-refractivity contribution < 1.29 is 0 Å². The highest BCUT2D eigenvalue weighted by Crippen LogP contribution is 2.52. The molecule has 6 aliphatic carbocycles. The van der Waals surface area contributed by atoms with E-state index in [-0.39, 0.29) is 0 Å². The number of allylic oxidation sites excluding steroid dienone is 5. The van der Waals surface area contributed by atoms with Crippen molar-refractivity contribution in [3.05, 3.63) is 201 Å². The van der Waals surface area contributed by atoms with Crippen molar-refractivity contribution in [1.29, 1.82) is 5.26 Å². The van der Waals surface area contributed by atoms with Crippen LogP contribution in [0.3, 0.4) is 0 Å². The molecular formula is C67H54N6. The third-order valence-corrected chi connectivity index (χ3v) is 17.5. The van der Waals surface area contributed by atoms with E-state index in [1.807, 2.05) is 0 Å². The first-order chi connectivity index (χ1) is 36.3. The molecule has 0 atom stereocenters. The second-order valence-corrected chi connectivity index (χ2v) is 21.1. The molecule has 352 valence electrons. The lowest BCUT2D eigenvalue weighted by Gasteiger charge is -2.32. The second kappa shape index (κ2) is 15.9. The van der Waals surface area contributed by atoms with Gasteiger partial charge in [0.25, 0.3) is 0 Å². The van der Waals surface area contributed by atoms with Gasteiger partial charge in [0.2, 0.25) is 0 Å². The van der Waals surface area contributed by atoms with Gasteiger partial charge in [0, 0.05) is 55.7 Å². The van der Waals surface area contributed by atoms with E-state index < -0.39 is 0 Å². The molecule has 10 aromatic rings. The minimum absolute atomic E-state index is 0.704. The van der Waals surface area contributed by atoms with Gasteiger partial charge >= 0.3 is 0 Å².